The van der Waals surface area contributed by atoms with E-state index in [-0.39, 0.29) is 18.5 Å². The molecule has 1 saturated carbocycles. The Morgan fingerprint density at radius 2 is 2.20 bits per heavy atom. The van der Waals surface area contributed by atoms with Gasteiger partial charge in [0.15, 0.2) is 0 Å². The van der Waals surface area contributed by atoms with Crippen LogP contribution in [0.2, 0.25) is 0 Å². The third kappa shape index (κ3) is 3.20. The molecule has 3 atom stereocenters. The molecule has 112 valence electrons. The molecule has 0 aromatic rings. The first-order chi connectivity index (χ1) is 9.49. The maximum Gasteiger partial charge on any atom is 0.318 e. The number of rotatable bonds is 3. The van der Waals surface area contributed by atoms with Crippen LogP contribution in [-0.4, -0.2) is 53.1 Å². The predicted octanol–water partition coefficient (Wildman–Crippen LogP) is 0.160. The van der Waals surface area contributed by atoms with Gasteiger partial charge in [-0.15, -0.1) is 0 Å². The normalized spacial score (nSPS) is 29.9. The molecular weight excluding hydrogens is 262 g/mol. The Morgan fingerprint density at radius 1 is 1.45 bits per heavy atom. The highest BCUT2D eigenvalue weighted by Gasteiger charge is 2.36. The maximum absolute atomic E-state index is 12.3. The zero-order chi connectivity index (χ0) is 14.7. The van der Waals surface area contributed by atoms with Gasteiger partial charge >= 0.3 is 12.0 Å². The van der Waals surface area contributed by atoms with Crippen molar-refractivity contribution in [2.75, 3.05) is 13.1 Å². The van der Waals surface area contributed by atoms with E-state index in [9.17, 15) is 14.4 Å². The number of aliphatic carboxylic acids is 1. The molecule has 1 aliphatic carbocycles. The molecule has 0 radical (unpaired) electrons. The standard InChI is InChI=1S/C13H21N3O4/c1-8-3-2-4-9(8)15-13(20)16-6-5-14-12(19)10(16)7-11(17)18/h8-10H,2-7H2,1H3,(H,14,19)(H,15,20)(H,17,18). The molecule has 3 amide bonds. The number of carbonyl (C=O) groups excluding carboxylic acids is 2. The zero-order valence-electron chi connectivity index (χ0n) is 11.6. The average molecular weight is 283 g/mol. The lowest BCUT2D eigenvalue weighted by Crippen LogP contribution is -2.61. The van der Waals surface area contributed by atoms with Crippen LogP contribution < -0.4 is 10.6 Å². The molecule has 2 aliphatic rings. The number of nitrogens with zero attached hydrogens (tertiary/aromatic N) is 1. The summed E-state index contributed by atoms with van der Waals surface area (Å²) in [4.78, 5) is 36.2. The molecule has 1 aliphatic heterocycles. The van der Waals surface area contributed by atoms with Crippen LogP contribution >= 0.6 is 0 Å². The van der Waals surface area contributed by atoms with Crippen molar-refractivity contribution < 1.29 is 19.5 Å². The van der Waals surface area contributed by atoms with E-state index in [2.05, 4.69) is 17.6 Å². The van der Waals surface area contributed by atoms with E-state index in [1.54, 1.807) is 0 Å². The summed E-state index contributed by atoms with van der Waals surface area (Å²) in [5, 5.41) is 14.4. The quantitative estimate of drug-likeness (QED) is 0.687. The average Bonchev–Trinajstić information content (AvgIpc) is 2.77. The topological polar surface area (TPSA) is 98.7 Å². The van der Waals surface area contributed by atoms with Gasteiger partial charge in [0, 0.05) is 19.1 Å². The van der Waals surface area contributed by atoms with E-state index >= 15 is 0 Å². The van der Waals surface area contributed by atoms with Crippen molar-refractivity contribution in [3.8, 4) is 0 Å². The Bertz CT molecular complexity index is 412. The summed E-state index contributed by atoms with van der Waals surface area (Å²) in [6, 6.07) is -1.12. The van der Waals surface area contributed by atoms with Gasteiger partial charge in [0.2, 0.25) is 5.91 Å². The summed E-state index contributed by atoms with van der Waals surface area (Å²) in [5.74, 6) is -1.05. The molecule has 0 spiro atoms. The number of hydrogen-bond acceptors (Lipinski definition) is 3. The van der Waals surface area contributed by atoms with E-state index in [0.29, 0.717) is 19.0 Å². The van der Waals surface area contributed by atoms with Crippen molar-refractivity contribution in [1.29, 1.82) is 0 Å². The van der Waals surface area contributed by atoms with E-state index in [1.807, 2.05) is 0 Å². The van der Waals surface area contributed by atoms with Gasteiger partial charge in [-0.2, -0.15) is 0 Å². The van der Waals surface area contributed by atoms with Gasteiger partial charge in [-0.1, -0.05) is 13.3 Å². The van der Waals surface area contributed by atoms with Crippen LogP contribution in [0.3, 0.4) is 0 Å². The predicted molar refractivity (Wildman–Crippen MR) is 71.1 cm³/mol. The van der Waals surface area contributed by atoms with Crippen molar-refractivity contribution in [1.82, 2.24) is 15.5 Å². The number of urea groups is 1. The monoisotopic (exact) mass is 283 g/mol. The van der Waals surface area contributed by atoms with Crippen LogP contribution in [0.25, 0.3) is 0 Å². The molecular formula is C13H21N3O4. The first kappa shape index (κ1) is 14.6. The van der Waals surface area contributed by atoms with Crippen molar-refractivity contribution in [3.05, 3.63) is 0 Å². The molecule has 2 rings (SSSR count). The molecule has 2 fully saturated rings. The number of hydrogen-bond donors (Lipinski definition) is 3. The number of carbonyl (C=O) groups is 3. The first-order valence-corrected chi connectivity index (χ1v) is 7.05. The van der Waals surface area contributed by atoms with Gasteiger partial charge in [-0.25, -0.2) is 4.79 Å². The molecule has 1 saturated heterocycles. The fourth-order valence-corrected chi connectivity index (χ4v) is 2.93. The maximum atomic E-state index is 12.3. The van der Waals surface area contributed by atoms with Crippen molar-refractivity contribution in [2.45, 2.75) is 44.7 Å². The minimum absolute atomic E-state index is 0.123. The van der Waals surface area contributed by atoms with Gasteiger partial charge in [-0.3, -0.25) is 9.59 Å². The third-order valence-electron chi connectivity index (χ3n) is 4.13. The smallest absolute Gasteiger partial charge is 0.318 e. The second-order valence-corrected chi connectivity index (χ2v) is 5.56. The summed E-state index contributed by atoms with van der Waals surface area (Å²) < 4.78 is 0. The highest BCUT2D eigenvalue weighted by molar-refractivity contribution is 5.91. The largest absolute Gasteiger partial charge is 0.481 e. The molecule has 1 heterocycles. The highest BCUT2D eigenvalue weighted by atomic mass is 16.4. The molecule has 7 nitrogen and oxygen atoms in total. The number of piperazine rings is 1. The Labute approximate surface area is 117 Å². The highest BCUT2D eigenvalue weighted by Crippen LogP contribution is 2.25. The Balaban J connectivity index is 2.01. The summed E-state index contributed by atoms with van der Waals surface area (Å²) in [6.45, 7) is 2.80. The number of carboxylic acids is 1. The van der Waals surface area contributed by atoms with Crippen LogP contribution in [0, 0.1) is 5.92 Å². The third-order valence-corrected chi connectivity index (χ3v) is 4.13. The zero-order valence-corrected chi connectivity index (χ0v) is 11.6. The second-order valence-electron chi connectivity index (χ2n) is 5.56. The molecule has 20 heavy (non-hydrogen) atoms. The summed E-state index contributed by atoms with van der Waals surface area (Å²) >= 11 is 0. The first-order valence-electron chi connectivity index (χ1n) is 7.05. The lowest BCUT2D eigenvalue weighted by atomic mass is 10.1. The molecule has 7 heteroatoms. The van der Waals surface area contributed by atoms with Crippen LogP contribution in [0.4, 0.5) is 4.79 Å². The van der Waals surface area contributed by atoms with Gasteiger partial charge in [0.05, 0.1) is 6.42 Å². The van der Waals surface area contributed by atoms with E-state index in [1.165, 1.54) is 4.90 Å². The van der Waals surface area contributed by atoms with Gasteiger partial charge < -0.3 is 20.6 Å². The van der Waals surface area contributed by atoms with Crippen LogP contribution in [0.15, 0.2) is 0 Å². The van der Waals surface area contributed by atoms with Gasteiger partial charge in [-0.05, 0) is 18.8 Å². The summed E-state index contributed by atoms with van der Waals surface area (Å²) in [7, 11) is 0. The number of amides is 3. The molecule has 3 N–H and O–H groups in total. The fourth-order valence-electron chi connectivity index (χ4n) is 2.93. The van der Waals surface area contributed by atoms with Crippen molar-refractivity contribution >= 4 is 17.9 Å². The van der Waals surface area contributed by atoms with Crippen molar-refractivity contribution in [2.24, 2.45) is 5.92 Å². The van der Waals surface area contributed by atoms with Crippen LogP contribution in [0.1, 0.15) is 32.6 Å². The van der Waals surface area contributed by atoms with Crippen LogP contribution in [-0.2, 0) is 9.59 Å². The molecule has 0 bridgehead atoms. The SMILES string of the molecule is CC1CCCC1NC(=O)N1CCNC(=O)C1CC(=O)O. The molecule has 0 aromatic carbocycles. The minimum Gasteiger partial charge on any atom is -0.481 e. The Hall–Kier alpha value is -1.79. The second kappa shape index (κ2) is 6.11. The lowest BCUT2D eigenvalue weighted by Gasteiger charge is -2.35. The van der Waals surface area contributed by atoms with Gasteiger partial charge in [0.1, 0.15) is 6.04 Å². The Morgan fingerprint density at radius 3 is 2.80 bits per heavy atom. The lowest BCUT2D eigenvalue weighted by molar-refractivity contribution is -0.142. The van der Waals surface area contributed by atoms with E-state index < -0.39 is 17.9 Å². The molecule has 0 aromatic heterocycles. The van der Waals surface area contributed by atoms with E-state index in [4.69, 9.17) is 5.11 Å². The van der Waals surface area contributed by atoms with Crippen LogP contribution in [0.5, 0.6) is 0 Å². The number of nitrogens with one attached hydrogen (secondary N) is 2. The molecule has 3 unspecified atom stereocenters. The minimum atomic E-state index is -1.08. The number of carboxylic acid groups (broad SMARTS) is 1. The summed E-state index contributed by atoms with van der Waals surface area (Å²) in [5.41, 5.74) is 0. The fraction of sp³-hybridized carbons (Fsp3) is 0.769. The van der Waals surface area contributed by atoms with Crippen molar-refractivity contribution in [3.63, 3.8) is 0 Å². The summed E-state index contributed by atoms with van der Waals surface area (Å²) in [6.07, 6.45) is 2.76. The van der Waals surface area contributed by atoms with Gasteiger partial charge in [0.25, 0.3) is 0 Å². The Kier molecular flexibility index (Phi) is 4.46. The van der Waals surface area contributed by atoms with E-state index in [0.717, 1.165) is 19.3 Å².